The first kappa shape index (κ1) is 13.9. The molecule has 3 N–H and O–H groups in total. The lowest BCUT2D eigenvalue weighted by Crippen LogP contribution is -2.09. The van der Waals surface area contributed by atoms with Crippen LogP contribution >= 0.6 is 15.9 Å². The molecule has 108 valence electrons. The second-order valence-electron chi connectivity index (χ2n) is 4.80. The van der Waals surface area contributed by atoms with Crippen molar-refractivity contribution < 1.29 is 0 Å². The summed E-state index contributed by atoms with van der Waals surface area (Å²) in [5, 5.41) is 8.64. The fourth-order valence-corrected chi connectivity index (χ4v) is 2.63. The van der Waals surface area contributed by atoms with Gasteiger partial charge in [0.15, 0.2) is 0 Å². The number of halogens is 1. The van der Waals surface area contributed by atoms with Gasteiger partial charge in [-0.25, -0.2) is 0 Å². The Balaban J connectivity index is 1.73. The second-order valence-corrected chi connectivity index (χ2v) is 5.72. The van der Waals surface area contributed by atoms with Crippen LogP contribution in [0.5, 0.6) is 0 Å². The van der Waals surface area contributed by atoms with E-state index in [-0.39, 0.29) is 0 Å². The van der Waals surface area contributed by atoms with Crippen molar-refractivity contribution in [3.63, 3.8) is 0 Å². The predicted molar refractivity (Wildman–Crippen MR) is 89.2 cm³/mol. The van der Waals surface area contributed by atoms with Crippen LogP contribution in [0.4, 0.5) is 11.4 Å². The summed E-state index contributed by atoms with van der Waals surface area (Å²) in [5.41, 5.74) is 8.60. The number of rotatable bonds is 5. The van der Waals surface area contributed by atoms with E-state index >= 15 is 0 Å². The standard InChI is InChI=1S/C15H16BrN5/c16-11-3-4-14-12(9-11)15(13(17)10-19-14)18-5-1-7-21-8-2-6-20-21/h2-4,6,8-10H,1,5,7,17H2,(H,18,19). The molecule has 0 aliphatic carbocycles. The van der Waals surface area contributed by atoms with E-state index in [0.717, 1.165) is 40.6 Å². The zero-order valence-corrected chi connectivity index (χ0v) is 13.0. The Morgan fingerprint density at radius 2 is 2.24 bits per heavy atom. The van der Waals surface area contributed by atoms with E-state index in [1.165, 1.54) is 0 Å². The SMILES string of the molecule is Nc1cnc2ccc(Br)cc2c1NCCCn1cccn1. The van der Waals surface area contributed by atoms with E-state index in [4.69, 9.17) is 5.73 Å². The second kappa shape index (κ2) is 6.13. The molecule has 21 heavy (non-hydrogen) atoms. The molecule has 6 heteroatoms. The molecule has 0 fully saturated rings. The Hall–Kier alpha value is -2.08. The minimum absolute atomic E-state index is 0.666. The van der Waals surface area contributed by atoms with Crippen LogP contribution in [0, 0.1) is 0 Å². The maximum absolute atomic E-state index is 6.06. The molecule has 0 saturated carbocycles. The van der Waals surface area contributed by atoms with Crippen molar-refractivity contribution in [3.05, 3.63) is 47.3 Å². The summed E-state index contributed by atoms with van der Waals surface area (Å²) in [7, 11) is 0. The third-order valence-electron chi connectivity index (χ3n) is 3.28. The number of pyridine rings is 1. The van der Waals surface area contributed by atoms with Gasteiger partial charge in [-0.2, -0.15) is 5.10 Å². The average molecular weight is 346 g/mol. The van der Waals surface area contributed by atoms with Crippen LogP contribution in [0.15, 0.2) is 47.3 Å². The fourth-order valence-electron chi connectivity index (χ4n) is 2.26. The van der Waals surface area contributed by atoms with Gasteiger partial charge in [0.05, 0.1) is 23.1 Å². The van der Waals surface area contributed by atoms with E-state index in [0.29, 0.717) is 5.69 Å². The number of anilines is 2. The lowest BCUT2D eigenvalue weighted by molar-refractivity contribution is 0.592. The molecular weight excluding hydrogens is 330 g/mol. The van der Waals surface area contributed by atoms with Gasteiger partial charge >= 0.3 is 0 Å². The fraction of sp³-hybridized carbons (Fsp3) is 0.200. The molecule has 0 aliphatic heterocycles. The Bertz CT molecular complexity index is 734. The van der Waals surface area contributed by atoms with E-state index < -0.39 is 0 Å². The number of nitrogens with two attached hydrogens (primary N) is 1. The summed E-state index contributed by atoms with van der Waals surface area (Å²) in [6.45, 7) is 1.71. The van der Waals surface area contributed by atoms with Crippen LogP contribution in [0.25, 0.3) is 10.9 Å². The molecule has 3 aromatic rings. The number of hydrogen-bond donors (Lipinski definition) is 2. The normalized spacial score (nSPS) is 10.9. The molecule has 1 aromatic carbocycles. The van der Waals surface area contributed by atoms with Gasteiger partial charge in [0, 0.05) is 35.3 Å². The third kappa shape index (κ3) is 3.16. The highest BCUT2D eigenvalue weighted by molar-refractivity contribution is 9.10. The van der Waals surface area contributed by atoms with Crippen molar-refractivity contribution >= 4 is 38.2 Å². The van der Waals surface area contributed by atoms with Crippen molar-refractivity contribution in [3.8, 4) is 0 Å². The minimum atomic E-state index is 0.666. The average Bonchev–Trinajstić information content (AvgIpc) is 2.98. The molecule has 0 amide bonds. The third-order valence-corrected chi connectivity index (χ3v) is 3.78. The highest BCUT2D eigenvalue weighted by Gasteiger charge is 2.06. The summed E-state index contributed by atoms with van der Waals surface area (Å²) in [6, 6.07) is 7.93. The highest BCUT2D eigenvalue weighted by Crippen LogP contribution is 2.29. The Morgan fingerprint density at radius 3 is 3.05 bits per heavy atom. The van der Waals surface area contributed by atoms with E-state index in [9.17, 15) is 0 Å². The molecule has 0 aliphatic rings. The first-order chi connectivity index (χ1) is 10.2. The molecule has 0 unspecified atom stereocenters. The molecular formula is C15H16BrN5. The van der Waals surface area contributed by atoms with Crippen LogP contribution in [0.3, 0.4) is 0 Å². The quantitative estimate of drug-likeness (QED) is 0.696. The van der Waals surface area contributed by atoms with Crippen molar-refractivity contribution in [1.82, 2.24) is 14.8 Å². The highest BCUT2D eigenvalue weighted by atomic mass is 79.9. The first-order valence-corrected chi connectivity index (χ1v) is 7.58. The maximum atomic E-state index is 6.06. The van der Waals surface area contributed by atoms with Gasteiger partial charge in [0.2, 0.25) is 0 Å². The molecule has 0 bridgehead atoms. The number of aryl methyl sites for hydroxylation is 1. The molecule has 0 atom stereocenters. The number of benzene rings is 1. The van der Waals surface area contributed by atoms with Crippen molar-refractivity contribution in [2.24, 2.45) is 0 Å². The predicted octanol–water partition coefficient (Wildman–Crippen LogP) is 3.28. The van der Waals surface area contributed by atoms with Crippen LogP contribution in [0.2, 0.25) is 0 Å². The Morgan fingerprint density at radius 1 is 1.33 bits per heavy atom. The Labute approximate surface area is 131 Å². The van der Waals surface area contributed by atoms with Crippen molar-refractivity contribution in [2.45, 2.75) is 13.0 Å². The van der Waals surface area contributed by atoms with Gasteiger partial charge in [0.25, 0.3) is 0 Å². The van der Waals surface area contributed by atoms with E-state index in [2.05, 4.69) is 31.3 Å². The van der Waals surface area contributed by atoms with Crippen LogP contribution in [-0.2, 0) is 6.54 Å². The van der Waals surface area contributed by atoms with Crippen molar-refractivity contribution in [1.29, 1.82) is 0 Å². The minimum Gasteiger partial charge on any atom is -0.396 e. The summed E-state index contributed by atoms with van der Waals surface area (Å²) < 4.78 is 2.94. The summed E-state index contributed by atoms with van der Waals surface area (Å²) in [5.74, 6) is 0. The van der Waals surface area contributed by atoms with Gasteiger partial charge < -0.3 is 11.1 Å². The summed E-state index contributed by atoms with van der Waals surface area (Å²) >= 11 is 3.49. The van der Waals surface area contributed by atoms with E-state index in [1.54, 1.807) is 12.4 Å². The number of nitrogens with zero attached hydrogens (tertiary/aromatic N) is 3. The van der Waals surface area contributed by atoms with Crippen molar-refractivity contribution in [2.75, 3.05) is 17.6 Å². The first-order valence-electron chi connectivity index (χ1n) is 6.79. The van der Waals surface area contributed by atoms with Crippen LogP contribution in [0.1, 0.15) is 6.42 Å². The number of nitrogen functional groups attached to an aromatic ring is 1. The zero-order chi connectivity index (χ0) is 14.7. The van der Waals surface area contributed by atoms with Crippen LogP contribution in [-0.4, -0.2) is 21.3 Å². The largest absolute Gasteiger partial charge is 0.396 e. The topological polar surface area (TPSA) is 68.8 Å². The lowest BCUT2D eigenvalue weighted by Gasteiger charge is -2.12. The number of hydrogen-bond acceptors (Lipinski definition) is 4. The zero-order valence-electron chi connectivity index (χ0n) is 11.5. The van der Waals surface area contributed by atoms with Gasteiger partial charge in [-0.15, -0.1) is 0 Å². The molecule has 2 aromatic heterocycles. The number of aromatic nitrogens is 3. The number of fused-ring (bicyclic) bond motifs is 1. The molecule has 5 nitrogen and oxygen atoms in total. The molecule has 0 saturated heterocycles. The molecule has 0 radical (unpaired) electrons. The summed E-state index contributed by atoms with van der Waals surface area (Å²) in [6.07, 6.45) is 6.43. The van der Waals surface area contributed by atoms with Gasteiger partial charge in [-0.3, -0.25) is 9.67 Å². The molecule has 3 rings (SSSR count). The van der Waals surface area contributed by atoms with Gasteiger partial charge in [-0.05, 0) is 30.7 Å². The van der Waals surface area contributed by atoms with E-state index in [1.807, 2.05) is 35.1 Å². The monoisotopic (exact) mass is 345 g/mol. The van der Waals surface area contributed by atoms with Gasteiger partial charge in [0.1, 0.15) is 0 Å². The number of nitrogens with one attached hydrogen (secondary N) is 1. The Kier molecular flexibility index (Phi) is 4.06. The molecule has 2 heterocycles. The molecule has 0 spiro atoms. The van der Waals surface area contributed by atoms with Gasteiger partial charge in [-0.1, -0.05) is 15.9 Å². The maximum Gasteiger partial charge on any atom is 0.0743 e. The smallest absolute Gasteiger partial charge is 0.0743 e. The van der Waals surface area contributed by atoms with Crippen LogP contribution < -0.4 is 11.1 Å². The summed E-state index contributed by atoms with van der Waals surface area (Å²) in [4.78, 5) is 4.35. The lowest BCUT2D eigenvalue weighted by atomic mass is 10.1.